The number of hydrogen-bond acceptors (Lipinski definition) is 5. The molecule has 2 aromatic heterocycles. The van der Waals surface area contributed by atoms with Crippen LogP contribution in [-0.4, -0.2) is 5.16 Å². The second-order valence-corrected chi connectivity index (χ2v) is 5.29. The van der Waals surface area contributed by atoms with Crippen molar-refractivity contribution in [3.8, 4) is 17.1 Å². The topological polar surface area (TPSA) is 65.5 Å². The molecule has 4 rings (SSSR count). The molecule has 5 heteroatoms. The van der Waals surface area contributed by atoms with Crippen molar-refractivity contribution >= 4 is 11.0 Å². The highest BCUT2D eigenvalue weighted by molar-refractivity contribution is 5.77. The van der Waals surface area contributed by atoms with Gasteiger partial charge in [-0.25, -0.2) is 4.79 Å². The molecule has 0 saturated heterocycles. The first kappa shape index (κ1) is 14.3. The summed E-state index contributed by atoms with van der Waals surface area (Å²) in [5, 5.41) is 4.85. The van der Waals surface area contributed by atoms with E-state index in [1.54, 1.807) is 12.1 Å². The van der Waals surface area contributed by atoms with Gasteiger partial charge < -0.3 is 13.7 Å². The molecule has 0 spiro atoms. The standard InChI is InChI=1S/C19H13NO4/c21-19-9-7-14-6-8-16(11-17(14)23-19)22-12-15-10-18(24-20-15)13-4-2-1-3-5-13/h1-11H,12H2. The number of nitrogens with zero attached hydrogens (tertiary/aromatic N) is 1. The van der Waals surface area contributed by atoms with E-state index in [1.165, 1.54) is 6.07 Å². The van der Waals surface area contributed by atoms with Crippen LogP contribution >= 0.6 is 0 Å². The SMILES string of the molecule is O=c1ccc2ccc(OCc3cc(-c4ccccc4)on3)cc2o1. The van der Waals surface area contributed by atoms with Gasteiger partial charge >= 0.3 is 5.63 Å². The Hall–Kier alpha value is -3.34. The predicted molar refractivity (Wildman–Crippen MR) is 88.8 cm³/mol. The molecule has 2 aromatic carbocycles. The molecule has 4 aromatic rings. The third kappa shape index (κ3) is 2.92. The average Bonchev–Trinajstić information content (AvgIpc) is 3.09. The molecule has 118 valence electrons. The number of ether oxygens (including phenoxy) is 1. The van der Waals surface area contributed by atoms with Gasteiger partial charge in [-0.05, 0) is 18.2 Å². The minimum absolute atomic E-state index is 0.263. The van der Waals surface area contributed by atoms with Gasteiger partial charge in [-0.15, -0.1) is 0 Å². The molecule has 0 unspecified atom stereocenters. The van der Waals surface area contributed by atoms with Crippen molar-refractivity contribution in [3.63, 3.8) is 0 Å². The van der Waals surface area contributed by atoms with Crippen LogP contribution in [0.3, 0.4) is 0 Å². The summed E-state index contributed by atoms with van der Waals surface area (Å²) in [7, 11) is 0. The average molecular weight is 319 g/mol. The first-order valence-corrected chi connectivity index (χ1v) is 7.46. The fraction of sp³-hybridized carbons (Fsp3) is 0.0526. The number of aromatic nitrogens is 1. The summed E-state index contributed by atoms with van der Waals surface area (Å²) in [5.74, 6) is 1.29. The van der Waals surface area contributed by atoms with Crippen LogP contribution in [0, 0.1) is 0 Å². The van der Waals surface area contributed by atoms with Gasteiger partial charge in [0.15, 0.2) is 5.76 Å². The number of fused-ring (bicyclic) bond motifs is 1. The molecule has 24 heavy (non-hydrogen) atoms. The van der Waals surface area contributed by atoms with Gasteiger partial charge in [0, 0.05) is 29.1 Å². The second-order valence-electron chi connectivity index (χ2n) is 5.29. The molecule has 0 aliphatic carbocycles. The van der Waals surface area contributed by atoms with Gasteiger partial charge in [-0.3, -0.25) is 0 Å². The number of hydrogen-bond donors (Lipinski definition) is 0. The third-order valence-corrected chi connectivity index (χ3v) is 3.60. The monoisotopic (exact) mass is 319 g/mol. The summed E-state index contributed by atoms with van der Waals surface area (Å²) in [4.78, 5) is 11.3. The van der Waals surface area contributed by atoms with Crippen molar-refractivity contribution in [2.45, 2.75) is 6.61 Å². The van der Waals surface area contributed by atoms with E-state index in [4.69, 9.17) is 13.7 Å². The van der Waals surface area contributed by atoms with Crippen molar-refractivity contribution in [2.75, 3.05) is 0 Å². The van der Waals surface area contributed by atoms with Crippen LogP contribution < -0.4 is 10.4 Å². The van der Waals surface area contributed by atoms with Crippen molar-refractivity contribution in [1.29, 1.82) is 0 Å². The zero-order chi connectivity index (χ0) is 16.4. The predicted octanol–water partition coefficient (Wildman–Crippen LogP) is 4.03. The summed E-state index contributed by atoms with van der Waals surface area (Å²) in [5.41, 5.74) is 1.75. The molecule has 2 heterocycles. The summed E-state index contributed by atoms with van der Waals surface area (Å²) in [6.07, 6.45) is 0. The van der Waals surface area contributed by atoms with Gasteiger partial charge in [-0.2, -0.15) is 0 Å². The number of benzene rings is 2. The highest BCUT2D eigenvalue weighted by atomic mass is 16.5. The fourth-order valence-corrected chi connectivity index (χ4v) is 2.41. The summed E-state index contributed by atoms with van der Waals surface area (Å²) in [6, 6.07) is 20.0. The van der Waals surface area contributed by atoms with Crippen LogP contribution in [0.4, 0.5) is 0 Å². The molecule has 0 N–H and O–H groups in total. The van der Waals surface area contributed by atoms with E-state index in [0.717, 1.165) is 10.9 Å². The molecule has 0 fully saturated rings. The molecular formula is C19H13NO4. The van der Waals surface area contributed by atoms with Crippen LogP contribution in [0.2, 0.25) is 0 Å². The van der Waals surface area contributed by atoms with Crippen LogP contribution in [0.5, 0.6) is 5.75 Å². The van der Waals surface area contributed by atoms with Gasteiger partial charge in [-0.1, -0.05) is 35.5 Å². The van der Waals surface area contributed by atoms with Gasteiger partial charge in [0.2, 0.25) is 0 Å². The summed E-state index contributed by atoms with van der Waals surface area (Å²) in [6.45, 7) is 0.263. The molecule has 5 nitrogen and oxygen atoms in total. The molecule has 0 aliphatic heterocycles. The Morgan fingerprint density at radius 3 is 2.67 bits per heavy atom. The molecule has 0 radical (unpaired) electrons. The summed E-state index contributed by atoms with van der Waals surface area (Å²) < 4.78 is 16.2. The lowest BCUT2D eigenvalue weighted by Crippen LogP contribution is -1.97. The van der Waals surface area contributed by atoms with Crippen molar-refractivity contribution < 1.29 is 13.7 Å². The van der Waals surface area contributed by atoms with E-state index < -0.39 is 0 Å². The normalized spacial score (nSPS) is 10.8. The molecule has 0 amide bonds. The van der Waals surface area contributed by atoms with E-state index in [2.05, 4.69) is 5.16 Å². The zero-order valence-electron chi connectivity index (χ0n) is 12.6. The molecule has 0 bridgehead atoms. The first-order chi connectivity index (χ1) is 11.8. The van der Waals surface area contributed by atoms with Crippen molar-refractivity contribution in [3.05, 3.63) is 82.8 Å². The maximum Gasteiger partial charge on any atom is 0.336 e. The van der Waals surface area contributed by atoms with Crippen LogP contribution in [0.1, 0.15) is 5.69 Å². The van der Waals surface area contributed by atoms with Crippen LogP contribution in [-0.2, 0) is 6.61 Å². The first-order valence-electron chi connectivity index (χ1n) is 7.46. The highest BCUT2D eigenvalue weighted by Crippen LogP contribution is 2.22. The minimum atomic E-state index is -0.386. The van der Waals surface area contributed by atoms with Crippen LogP contribution in [0.25, 0.3) is 22.3 Å². The van der Waals surface area contributed by atoms with Gasteiger partial charge in [0.25, 0.3) is 0 Å². The maximum absolute atomic E-state index is 11.3. The Balaban J connectivity index is 1.51. The maximum atomic E-state index is 11.3. The molecule has 0 saturated carbocycles. The quantitative estimate of drug-likeness (QED) is 0.531. The second kappa shape index (κ2) is 6.04. The Bertz CT molecular complexity index is 1030. The molecule has 0 atom stereocenters. The van der Waals surface area contributed by atoms with E-state index in [9.17, 15) is 4.79 Å². The lowest BCUT2D eigenvalue weighted by atomic mass is 10.2. The summed E-state index contributed by atoms with van der Waals surface area (Å²) >= 11 is 0. The van der Waals surface area contributed by atoms with E-state index in [1.807, 2.05) is 48.5 Å². The van der Waals surface area contributed by atoms with Gasteiger partial charge in [0.05, 0.1) is 0 Å². The number of rotatable bonds is 4. The Morgan fingerprint density at radius 2 is 1.79 bits per heavy atom. The van der Waals surface area contributed by atoms with Crippen molar-refractivity contribution in [1.82, 2.24) is 5.16 Å². The van der Waals surface area contributed by atoms with E-state index in [0.29, 0.717) is 22.8 Å². The smallest absolute Gasteiger partial charge is 0.336 e. The lowest BCUT2D eigenvalue weighted by Gasteiger charge is -2.04. The van der Waals surface area contributed by atoms with E-state index >= 15 is 0 Å². The van der Waals surface area contributed by atoms with E-state index in [-0.39, 0.29) is 12.2 Å². The van der Waals surface area contributed by atoms with Crippen LogP contribution in [0.15, 0.2) is 80.5 Å². The minimum Gasteiger partial charge on any atom is -0.487 e. The molecule has 0 aliphatic rings. The molecular weight excluding hydrogens is 306 g/mol. The Labute approximate surface area is 137 Å². The van der Waals surface area contributed by atoms with Crippen molar-refractivity contribution in [2.24, 2.45) is 0 Å². The third-order valence-electron chi connectivity index (χ3n) is 3.60. The Morgan fingerprint density at radius 1 is 0.958 bits per heavy atom. The van der Waals surface area contributed by atoms with Gasteiger partial charge in [0.1, 0.15) is 23.6 Å². The zero-order valence-corrected chi connectivity index (χ0v) is 12.6. The lowest BCUT2D eigenvalue weighted by molar-refractivity contribution is 0.290. The Kier molecular flexibility index (Phi) is 3.59. The fourth-order valence-electron chi connectivity index (χ4n) is 2.41. The largest absolute Gasteiger partial charge is 0.487 e. The highest BCUT2D eigenvalue weighted by Gasteiger charge is 2.07.